The molecular weight excluding hydrogens is 337 g/mol. The normalized spacial score (nSPS) is 12.0. The van der Waals surface area contributed by atoms with Crippen LogP contribution in [0.4, 0.5) is 0 Å². The number of hydrogen-bond acceptors (Lipinski definition) is 3. The highest BCUT2D eigenvalue weighted by Gasteiger charge is 2.12. The fraction of sp³-hybridized carbons (Fsp3) is 0.235. The third-order valence-electron chi connectivity index (χ3n) is 3.30. The van der Waals surface area contributed by atoms with Crippen molar-refractivity contribution >= 4 is 29.2 Å². The van der Waals surface area contributed by atoms with Crippen LogP contribution in [0.1, 0.15) is 18.1 Å². The first-order chi connectivity index (χ1) is 11.0. The Bertz CT molecular complexity index is 674. The Morgan fingerprint density at radius 3 is 2.48 bits per heavy atom. The molecule has 0 amide bonds. The molecule has 2 aromatic rings. The van der Waals surface area contributed by atoms with E-state index in [0.717, 1.165) is 11.1 Å². The lowest BCUT2D eigenvalue weighted by Gasteiger charge is -2.14. The maximum atomic E-state index is 10.9. The number of benzene rings is 2. The van der Waals surface area contributed by atoms with Gasteiger partial charge in [0.2, 0.25) is 0 Å². The standard InChI is InChI=1S/C17H17Cl2NO3/c1-11(17(21)22)20-9-13-8-15(19)6-7-16(13)23-10-12-2-4-14(18)5-3-12/h2-8,11,20H,9-10H2,1H3,(H,21,22). The molecule has 0 heterocycles. The highest BCUT2D eigenvalue weighted by Crippen LogP contribution is 2.24. The second-order valence-corrected chi connectivity index (χ2v) is 5.98. The molecule has 1 atom stereocenters. The first-order valence-electron chi connectivity index (χ1n) is 7.07. The van der Waals surface area contributed by atoms with E-state index in [1.165, 1.54) is 0 Å². The van der Waals surface area contributed by atoms with Crippen LogP contribution < -0.4 is 10.1 Å². The van der Waals surface area contributed by atoms with Crippen molar-refractivity contribution in [3.8, 4) is 5.75 Å². The van der Waals surface area contributed by atoms with Gasteiger partial charge in [-0.1, -0.05) is 35.3 Å². The Hall–Kier alpha value is -1.75. The molecule has 0 spiro atoms. The van der Waals surface area contributed by atoms with Crippen LogP contribution in [0.2, 0.25) is 10.0 Å². The third-order valence-corrected chi connectivity index (χ3v) is 3.79. The number of aliphatic carboxylic acids is 1. The summed E-state index contributed by atoms with van der Waals surface area (Å²) in [5.74, 6) is -0.245. The molecule has 2 rings (SSSR count). The zero-order valence-corrected chi connectivity index (χ0v) is 14.1. The molecular formula is C17H17Cl2NO3. The van der Waals surface area contributed by atoms with E-state index in [0.29, 0.717) is 28.9 Å². The number of ether oxygens (including phenoxy) is 1. The summed E-state index contributed by atoms with van der Waals surface area (Å²) < 4.78 is 5.82. The van der Waals surface area contributed by atoms with E-state index in [1.807, 2.05) is 12.1 Å². The topological polar surface area (TPSA) is 58.6 Å². The predicted octanol–water partition coefficient (Wildman–Crippen LogP) is 4.14. The van der Waals surface area contributed by atoms with E-state index in [-0.39, 0.29) is 0 Å². The molecule has 2 aromatic carbocycles. The average molecular weight is 354 g/mol. The van der Waals surface area contributed by atoms with E-state index in [2.05, 4.69) is 5.32 Å². The van der Waals surface area contributed by atoms with Gasteiger partial charge in [-0.25, -0.2) is 0 Å². The van der Waals surface area contributed by atoms with Crippen molar-refractivity contribution in [1.82, 2.24) is 5.32 Å². The molecule has 0 bridgehead atoms. The van der Waals surface area contributed by atoms with E-state index in [4.69, 9.17) is 33.0 Å². The Morgan fingerprint density at radius 2 is 1.83 bits per heavy atom. The summed E-state index contributed by atoms with van der Waals surface area (Å²) in [6, 6.07) is 12.0. The van der Waals surface area contributed by atoms with Crippen LogP contribution >= 0.6 is 23.2 Å². The van der Waals surface area contributed by atoms with Crippen LogP contribution in [0.25, 0.3) is 0 Å². The minimum Gasteiger partial charge on any atom is -0.489 e. The van der Waals surface area contributed by atoms with Crippen molar-refractivity contribution < 1.29 is 14.6 Å². The summed E-state index contributed by atoms with van der Waals surface area (Å²) in [6.45, 7) is 2.32. The lowest BCUT2D eigenvalue weighted by atomic mass is 10.2. The first-order valence-corrected chi connectivity index (χ1v) is 7.83. The molecule has 0 saturated heterocycles. The number of hydrogen-bond donors (Lipinski definition) is 2. The molecule has 0 aliphatic heterocycles. The van der Waals surface area contributed by atoms with Crippen molar-refractivity contribution in [3.63, 3.8) is 0 Å². The van der Waals surface area contributed by atoms with Crippen LogP contribution in [0, 0.1) is 0 Å². The van der Waals surface area contributed by atoms with E-state index < -0.39 is 12.0 Å². The van der Waals surface area contributed by atoms with Gasteiger partial charge in [-0.3, -0.25) is 4.79 Å². The van der Waals surface area contributed by atoms with E-state index >= 15 is 0 Å². The number of carbonyl (C=O) groups is 1. The smallest absolute Gasteiger partial charge is 0.320 e. The van der Waals surface area contributed by atoms with Gasteiger partial charge >= 0.3 is 5.97 Å². The van der Waals surface area contributed by atoms with Crippen LogP contribution in [0.3, 0.4) is 0 Å². The van der Waals surface area contributed by atoms with Crippen molar-refractivity contribution in [2.75, 3.05) is 0 Å². The highest BCUT2D eigenvalue weighted by molar-refractivity contribution is 6.30. The van der Waals surface area contributed by atoms with Crippen molar-refractivity contribution in [2.24, 2.45) is 0 Å². The van der Waals surface area contributed by atoms with E-state index in [9.17, 15) is 4.79 Å². The van der Waals surface area contributed by atoms with Crippen LogP contribution in [-0.2, 0) is 17.9 Å². The number of carboxylic acid groups (broad SMARTS) is 1. The van der Waals surface area contributed by atoms with Crippen molar-refractivity contribution in [1.29, 1.82) is 0 Å². The average Bonchev–Trinajstić information content (AvgIpc) is 2.53. The van der Waals surface area contributed by atoms with Gasteiger partial charge in [-0.2, -0.15) is 0 Å². The maximum absolute atomic E-state index is 10.9. The van der Waals surface area contributed by atoms with Crippen molar-refractivity contribution in [2.45, 2.75) is 26.1 Å². The Morgan fingerprint density at radius 1 is 1.17 bits per heavy atom. The molecule has 0 fully saturated rings. The zero-order chi connectivity index (χ0) is 16.8. The molecule has 0 aliphatic carbocycles. The molecule has 6 heteroatoms. The quantitative estimate of drug-likeness (QED) is 0.785. The van der Waals surface area contributed by atoms with Gasteiger partial charge in [0.05, 0.1) is 0 Å². The van der Waals surface area contributed by atoms with Gasteiger partial charge in [0.1, 0.15) is 18.4 Å². The molecule has 0 aromatic heterocycles. The molecule has 0 saturated carbocycles. The molecule has 122 valence electrons. The van der Waals surface area contributed by atoms with Crippen molar-refractivity contribution in [3.05, 3.63) is 63.6 Å². The zero-order valence-electron chi connectivity index (χ0n) is 12.6. The van der Waals surface area contributed by atoms with Gasteiger partial charge in [0.15, 0.2) is 0 Å². The summed E-state index contributed by atoms with van der Waals surface area (Å²) in [4.78, 5) is 10.9. The maximum Gasteiger partial charge on any atom is 0.320 e. The molecule has 0 radical (unpaired) electrons. The summed E-state index contributed by atoms with van der Waals surface area (Å²) >= 11 is 11.9. The van der Waals surface area contributed by atoms with E-state index in [1.54, 1.807) is 37.3 Å². The highest BCUT2D eigenvalue weighted by atomic mass is 35.5. The lowest BCUT2D eigenvalue weighted by Crippen LogP contribution is -2.33. The number of nitrogens with one attached hydrogen (secondary N) is 1. The second kappa shape index (κ2) is 8.20. The Balaban J connectivity index is 2.05. The number of rotatable bonds is 7. The summed E-state index contributed by atoms with van der Waals surface area (Å²) in [7, 11) is 0. The monoisotopic (exact) mass is 353 g/mol. The SMILES string of the molecule is CC(NCc1cc(Cl)ccc1OCc1ccc(Cl)cc1)C(=O)O. The summed E-state index contributed by atoms with van der Waals surface area (Å²) in [5.41, 5.74) is 1.79. The van der Waals surface area contributed by atoms with Crippen LogP contribution in [0.5, 0.6) is 5.75 Å². The van der Waals surface area contributed by atoms with Gasteiger partial charge in [-0.05, 0) is 42.8 Å². The number of halogens is 2. The van der Waals surface area contributed by atoms with Gasteiger partial charge in [0, 0.05) is 22.2 Å². The molecule has 23 heavy (non-hydrogen) atoms. The largest absolute Gasteiger partial charge is 0.489 e. The predicted molar refractivity (Wildman–Crippen MR) is 91.2 cm³/mol. The molecule has 0 aliphatic rings. The minimum absolute atomic E-state index is 0.351. The number of carboxylic acids is 1. The van der Waals surface area contributed by atoms with Gasteiger partial charge in [0.25, 0.3) is 0 Å². The minimum atomic E-state index is -0.907. The lowest BCUT2D eigenvalue weighted by molar-refractivity contribution is -0.139. The van der Waals surface area contributed by atoms with Gasteiger partial charge < -0.3 is 15.2 Å². The summed E-state index contributed by atoms with van der Waals surface area (Å²) in [6.07, 6.45) is 0. The Labute approximate surface area is 145 Å². The molecule has 4 nitrogen and oxygen atoms in total. The van der Waals surface area contributed by atoms with Gasteiger partial charge in [-0.15, -0.1) is 0 Å². The summed E-state index contributed by atoms with van der Waals surface area (Å²) in [5, 5.41) is 13.1. The second-order valence-electron chi connectivity index (χ2n) is 5.11. The fourth-order valence-electron chi connectivity index (χ4n) is 1.92. The first kappa shape index (κ1) is 17.6. The van der Waals surface area contributed by atoms with Crippen LogP contribution in [0.15, 0.2) is 42.5 Å². The Kier molecular flexibility index (Phi) is 6.28. The third kappa shape index (κ3) is 5.43. The van der Waals surface area contributed by atoms with Crippen LogP contribution in [-0.4, -0.2) is 17.1 Å². The fourth-order valence-corrected chi connectivity index (χ4v) is 2.24. The molecule has 1 unspecified atom stereocenters. The molecule has 2 N–H and O–H groups in total.